The van der Waals surface area contributed by atoms with E-state index in [1.54, 1.807) is 0 Å². The molecule has 3 rings (SSSR count). The van der Waals surface area contributed by atoms with Gasteiger partial charge in [0.2, 0.25) is 5.91 Å². The van der Waals surface area contributed by atoms with Crippen LogP contribution in [0.15, 0.2) is 28.7 Å². The molecule has 0 bridgehead atoms. The number of halogens is 1. The molecule has 1 aromatic rings. The Hall–Kier alpha value is -0.830. The van der Waals surface area contributed by atoms with E-state index in [1.165, 1.54) is 37.7 Å². The fraction of sp³-hybridized carbons (Fsp3) is 0.611. The molecule has 0 radical (unpaired) electrons. The van der Waals surface area contributed by atoms with E-state index in [2.05, 4.69) is 28.1 Å². The topological polar surface area (TPSA) is 20.3 Å². The summed E-state index contributed by atoms with van der Waals surface area (Å²) < 4.78 is 1.06. The Balaban J connectivity index is 1.69. The molecular formula is C18H24BrNO. The molecule has 1 amide bonds. The number of likely N-dealkylation sites (N-methyl/N-ethyl adjacent to an activating group) is 1. The minimum absolute atomic E-state index is 0.229. The fourth-order valence-corrected chi connectivity index (χ4v) is 4.14. The third-order valence-electron chi connectivity index (χ3n) is 5.14. The van der Waals surface area contributed by atoms with Gasteiger partial charge in [0.05, 0.1) is 5.41 Å². The van der Waals surface area contributed by atoms with Crippen molar-refractivity contribution < 1.29 is 4.79 Å². The molecule has 0 saturated heterocycles. The van der Waals surface area contributed by atoms with Crippen molar-refractivity contribution in [1.82, 2.24) is 4.90 Å². The van der Waals surface area contributed by atoms with Gasteiger partial charge in [0, 0.05) is 18.1 Å². The highest BCUT2D eigenvalue weighted by Gasteiger charge is 2.52. The summed E-state index contributed by atoms with van der Waals surface area (Å²) in [7, 11) is 2.00. The lowest BCUT2D eigenvalue weighted by molar-refractivity contribution is -0.133. The molecule has 0 spiro atoms. The van der Waals surface area contributed by atoms with E-state index < -0.39 is 0 Å². The first-order valence-corrected chi connectivity index (χ1v) is 8.93. The van der Waals surface area contributed by atoms with Crippen LogP contribution in [-0.2, 0) is 10.2 Å². The maximum atomic E-state index is 12.9. The van der Waals surface area contributed by atoms with Gasteiger partial charge < -0.3 is 4.90 Å². The number of amides is 1. The number of hydrogen-bond acceptors (Lipinski definition) is 1. The van der Waals surface area contributed by atoms with Gasteiger partial charge >= 0.3 is 0 Å². The Morgan fingerprint density at radius 3 is 2.62 bits per heavy atom. The van der Waals surface area contributed by atoms with Gasteiger partial charge in [0.25, 0.3) is 0 Å². The molecule has 1 aromatic carbocycles. The minimum Gasteiger partial charge on any atom is -0.345 e. The summed E-state index contributed by atoms with van der Waals surface area (Å²) in [5, 5.41) is 0. The van der Waals surface area contributed by atoms with Gasteiger partial charge in [-0.15, -0.1) is 0 Å². The zero-order valence-electron chi connectivity index (χ0n) is 12.8. The van der Waals surface area contributed by atoms with Crippen molar-refractivity contribution in [3.63, 3.8) is 0 Å². The molecule has 114 valence electrons. The van der Waals surface area contributed by atoms with Gasteiger partial charge in [-0.2, -0.15) is 0 Å². The fourth-order valence-electron chi connectivity index (χ4n) is 3.74. The van der Waals surface area contributed by atoms with Crippen molar-refractivity contribution in [1.29, 1.82) is 0 Å². The van der Waals surface area contributed by atoms with Gasteiger partial charge in [-0.25, -0.2) is 0 Å². The van der Waals surface area contributed by atoms with E-state index in [-0.39, 0.29) is 5.41 Å². The predicted molar refractivity (Wildman–Crippen MR) is 89.3 cm³/mol. The average molecular weight is 350 g/mol. The number of hydrogen-bond donors (Lipinski definition) is 0. The number of rotatable bonds is 4. The van der Waals surface area contributed by atoms with Crippen LogP contribution in [0.2, 0.25) is 0 Å². The second-order valence-corrected chi connectivity index (χ2v) is 7.70. The standard InChI is InChI=1S/C18H24BrNO/c1-20(13-14-6-3-2-4-7-14)17(21)18(10-11-18)15-8-5-9-16(19)12-15/h5,8-9,12,14H,2-4,6-7,10-11,13H2,1H3. The van der Waals surface area contributed by atoms with Gasteiger partial charge in [-0.05, 0) is 49.3 Å². The molecule has 2 aliphatic rings. The first-order valence-electron chi connectivity index (χ1n) is 8.13. The molecule has 2 aliphatic carbocycles. The Labute approximate surface area is 136 Å². The highest BCUT2D eigenvalue weighted by molar-refractivity contribution is 9.10. The maximum absolute atomic E-state index is 12.9. The molecular weight excluding hydrogens is 326 g/mol. The molecule has 2 fully saturated rings. The Bertz CT molecular complexity index is 518. The van der Waals surface area contributed by atoms with Crippen LogP contribution in [-0.4, -0.2) is 24.4 Å². The Morgan fingerprint density at radius 2 is 2.00 bits per heavy atom. The van der Waals surface area contributed by atoms with Gasteiger partial charge in [-0.3, -0.25) is 4.79 Å². The third-order valence-corrected chi connectivity index (χ3v) is 5.63. The zero-order chi connectivity index (χ0) is 14.9. The van der Waals surface area contributed by atoms with E-state index in [1.807, 2.05) is 24.1 Å². The SMILES string of the molecule is CN(CC1CCCCC1)C(=O)C1(c2cccc(Br)c2)CC1. The summed E-state index contributed by atoms with van der Waals surface area (Å²) in [6.45, 7) is 0.939. The Kier molecular flexibility index (Phi) is 4.39. The molecule has 2 saturated carbocycles. The summed E-state index contributed by atoms with van der Waals surface area (Å²) in [5.41, 5.74) is 0.949. The van der Waals surface area contributed by atoms with E-state index in [9.17, 15) is 4.79 Å². The number of benzene rings is 1. The van der Waals surface area contributed by atoms with Crippen LogP contribution in [0.5, 0.6) is 0 Å². The van der Waals surface area contributed by atoms with Crippen LogP contribution < -0.4 is 0 Å². The molecule has 0 aliphatic heterocycles. The molecule has 0 N–H and O–H groups in total. The van der Waals surface area contributed by atoms with Crippen LogP contribution >= 0.6 is 15.9 Å². The number of carbonyl (C=O) groups excluding carboxylic acids is 1. The predicted octanol–water partition coefficient (Wildman–Crippen LogP) is 4.52. The van der Waals surface area contributed by atoms with Crippen LogP contribution in [0, 0.1) is 5.92 Å². The highest BCUT2D eigenvalue weighted by atomic mass is 79.9. The van der Waals surface area contributed by atoms with Crippen LogP contribution in [0.4, 0.5) is 0 Å². The van der Waals surface area contributed by atoms with Crippen molar-refractivity contribution >= 4 is 21.8 Å². The second-order valence-electron chi connectivity index (χ2n) is 6.78. The zero-order valence-corrected chi connectivity index (χ0v) is 14.4. The normalized spacial score (nSPS) is 21.0. The summed E-state index contributed by atoms with van der Waals surface area (Å²) >= 11 is 3.52. The number of carbonyl (C=O) groups is 1. The van der Waals surface area contributed by atoms with Crippen molar-refractivity contribution in [2.24, 2.45) is 5.92 Å². The van der Waals surface area contributed by atoms with Gasteiger partial charge in [0.1, 0.15) is 0 Å². The first kappa shape index (κ1) is 15.1. The van der Waals surface area contributed by atoms with Crippen LogP contribution in [0.1, 0.15) is 50.5 Å². The third kappa shape index (κ3) is 3.18. The van der Waals surface area contributed by atoms with Crippen molar-refractivity contribution in [3.05, 3.63) is 34.3 Å². The van der Waals surface area contributed by atoms with E-state index in [4.69, 9.17) is 0 Å². The van der Waals surface area contributed by atoms with Crippen molar-refractivity contribution in [2.75, 3.05) is 13.6 Å². The first-order chi connectivity index (χ1) is 10.1. The molecule has 0 aromatic heterocycles. The van der Waals surface area contributed by atoms with Crippen molar-refractivity contribution in [2.45, 2.75) is 50.4 Å². The minimum atomic E-state index is -0.229. The van der Waals surface area contributed by atoms with Crippen LogP contribution in [0.25, 0.3) is 0 Å². The largest absolute Gasteiger partial charge is 0.345 e. The molecule has 2 nitrogen and oxygen atoms in total. The lowest BCUT2D eigenvalue weighted by Crippen LogP contribution is -2.39. The molecule has 0 unspecified atom stereocenters. The van der Waals surface area contributed by atoms with E-state index in [0.29, 0.717) is 11.8 Å². The second kappa shape index (κ2) is 6.12. The molecule has 21 heavy (non-hydrogen) atoms. The quantitative estimate of drug-likeness (QED) is 0.782. The monoisotopic (exact) mass is 349 g/mol. The van der Waals surface area contributed by atoms with E-state index >= 15 is 0 Å². The summed E-state index contributed by atoms with van der Waals surface area (Å²) in [5.74, 6) is 1.04. The Morgan fingerprint density at radius 1 is 1.29 bits per heavy atom. The molecule has 0 heterocycles. The van der Waals surface area contributed by atoms with Crippen molar-refractivity contribution in [3.8, 4) is 0 Å². The summed E-state index contributed by atoms with van der Waals surface area (Å²) in [6, 6.07) is 8.27. The van der Waals surface area contributed by atoms with Crippen LogP contribution in [0.3, 0.4) is 0 Å². The lowest BCUT2D eigenvalue weighted by atomic mass is 9.88. The highest BCUT2D eigenvalue weighted by Crippen LogP contribution is 2.50. The van der Waals surface area contributed by atoms with Gasteiger partial charge in [0.15, 0.2) is 0 Å². The lowest BCUT2D eigenvalue weighted by Gasteiger charge is -2.30. The number of nitrogens with zero attached hydrogens (tertiary/aromatic N) is 1. The van der Waals surface area contributed by atoms with E-state index in [0.717, 1.165) is 23.9 Å². The smallest absolute Gasteiger partial charge is 0.232 e. The summed E-state index contributed by atoms with van der Waals surface area (Å²) in [6.07, 6.45) is 8.63. The molecule has 0 atom stereocenters. The average Bonchev–Trinajstić information content (AvgIpc) is 3.29. The summed E-state index contributed by atoms with van der Waals surface area (Å²) in [4.78, 5) is 14.9. The van der Waals surface area contributed by atoms with Gasteiger partial charge in [-0.1, -0.05) is 47.3 Å². The molecule has 3 heteroatoms. The maximum Gasteiger partial charge on any atom is 0.232 e.